The summed E-state index contributed by atoms with van der Waals surface area (Å²) in [6, 6.07) is 6.57. The molecular weight excluding hydrogens is 492 g/mol. The maximum Gasteiger partial charge on any atom is 0.179 e. The van der Waals surface area contributed by atoms with Crippen LogP contribution in [0, 0.1) is 35.5 Å². The summed E-state index contributed by atoms with van der Waals surface area (Å²) in [5.74, 6) is -0.284. The molecule has 0 spiro atoms. The number of hydrogen-bond donors (Lipinski definition) is 0. The van der Waals surface area contributed by atoms with Gasteiger partial charge in [-0.3, -0.25) is 4.98 Å². The number of piperidine rings is 1. The standard InChI is InChI=1S/C26H23F2N9O/c1-16-23(33-34-37(16)20-4-8-35(15-30)9-5-20)17-10-22(24-18(11-29)12-32-36(24)14-17)38-25(26(28)6-7-26)21-3-2-19(27)13-31-21/h2-3,10,12-14,20,25H,4-9H2,1H3. The fourth-order valence-corrected chi connectivity index (χ4v) is 5.03. The first-order chi connectivity index (χ1) is 18.4. The predicted octanol–water partition coefficient (Wildman–Crippen LogP) is 4.05. The lowest BCUT2D eigenvalue weighted by molar-refractivity contribution is 0.0799. The van der Waals surface area contributed by atoms with Crippen LogP contribution in [0.1, 0.15) is 54.8 Å². The number of hydrogen-bond acceptors (Lipinski definition) is 8. The number of ether oxygens (including phenoxy) is 1. The number of nitrogens with zero attached hydrogens (tertiary/aromatic N) is 9. The van der Waals surface area contributed by atoms with E-state index in [1.165, 1.54) is 22.8 Å². The maximum absolute atomic E-state index is 15.5. The van der Waals surface area contributed by atoms with Gasteiger partial charge in [0.25, 0.3) is 0 Å². The van der Waals surface area contributed by atoms with Crippen molar-refractivity contribution in [2.75, 3.05) is 13.1 Å². The summed E-state index contributed by atoms with van der Waals surface area (Å²) in [5, 5.41) is 32.0. The van der Waals surface area contributed by atoms with Crippen molar-refractivity contribution in [1.82, 2.24) is 34.5 Å². The third kappa shape index (κ3) is 4.08. The van der Waals surface area contributed by atoms with Gasteiger partial charge >= 0.3 is 0 Å². The third-order valence-electron chi connectivity index (χ3n) is 7.31. The van der Waals surface area contributed by atoms with Gasteiger partial charge in [0.05, 0.1) is 29.8 Å². The summed E-state index contributed by atoms with van der Waals surface area (Å²) >= 11 is 0. The Kier molecular flexibility index (Phi) is 5.68. The van der Waals surface area contributed by atoms with Crippen molar-refractivity contribution >= 4 is 5.52 Å². The van der Waals surface area contributed by atoms with Crippen molar-refractivity contribution in [3.63, 3.8) is 0 Å². The Morgan fingerprint density at radius 2 is 1.97 bits per heavy atom. The number of aromatic nitrogens is 6. The summed E-state index contributed by atoms with van der Waals surface area (Å²) in [4.78, 5) is 5.81. The van der Waals surface area contributed by atoms with Gasteiger partial charge in [-0.2, -0.15) is 15.6 Å². The van der Waals surface area contributed by atoms with Gasteiger partial charge in [0.2, 0.25) is 0 Å². The molecule has 0 N–H and O–H groups in total. The summed E-state index contributed by atoms with van der Waals surface area (Å²) in [6.45, 7) is 3.24. The largest absolute Gasteiger partial charge is 0.478 e. The minimum atomic E-state index is -1.65. The molecule has 0 aromatic carbocycles. The zero-order valence-electron chi connectivity index (χ0n) is 20.6. The van der Waals surface area contributed by atoms with Crippen molar-refractivity contribution in [2.45, 2.75) is 50.4 Å². The first-order valence-corrected chi connectivity index (χ1v) is 12.4. The highest BCUT2D eigenvalue weighted by Gasteiger charge is 2.53. The van der Waals surface area contributed by atoms with Crippen LogP contribution in [0.15, 0.2) is 36.8 Å². The van der Waals surface area contributed by atoms with Crippen molar-refractivity contribution < 1.29 is 13.5 Å². The summed E-state index contributed by atoms with van der Waals surface area (Å²) in [5.41, 5.74) is 1.34. The average Bonchev–Trinajstić information content (AvgIpc) is 3.36. The van der Waals surface area contributed by atoms with Crippen LogP contribution < -0.4 is 4.74 Å². The number of fused-ring (bicyclic) bond motifs is 1. The lowest BCUT2D eigenvalue weighted by Gasteiger charge is -2.28. The molecular formula is C26H23F2N9O. The quantitative estimate of drug-likeness (QED) is 0.353. The van der Waals surface area contributed by atoms with E-state index in [0.29, 0.717) is 29.9 Å². The molecule has 1 unspecified atom stereocenters. The van der Waals surface area contributed by atoms with Gasteiger partial charge in [-0.15, -0.1) is 5.10 Å². The van der Waals surface area contributed by atoms with Gasteiger partial charge in [0, 0.05) is 24.8 Å². The lowest BCUT2D eigenvalue weighted by atomic mass is 10.0. The van der Waals surface area contributed by atoms with Gasteiger partial charge in [-0.1, -0.05) is 5.21 Å². The molecule has 1 atom stereocenters. The normalized spacial score (nSPS) is 17.7. The van der Waals surface area contributed by atoms with Crippen LogP contribution in [0.4, 0.5) is 8.78 Å². The Hall–Kier alpha value is -4.58. The van der Waals surface area contributed by atoms with Crippen molar-refractivity contribution in [3.8, 4) is 29.3 Å². The van der Waals surface area contributed by atoms with E-state index in [0.717, 1.165) is 24.7 Å². The van der Waals surface area contributed by atoms with Crippen LogP contribution >= 0.6 is 0 Å². The van der Waals surface area contributed by atoms with E-state index in [-0.39, 0.29) is 35.9 Å². The molecule has 1 aliphatic heterocycles. The molecule has 10 nitrogen and oxygen atoms in total. The highest BCUT2D eigenvalue weighted by molar-refractivity contribution is 5.75. The lowest BCUT2D eigenvalue weighted by Crippen LogP contribution is -2.31. The Morgan fingerprint density at radius 1 is 1.18 bits per heavy atom. The second-order valence-corrected chi connectivity index (χ2v) is 9.78. The zero-order chi connectivity index (χ0) is 26.4. The minimum Gasteiger partial charge on any atom is -0.478 e. The summed E-state index contributed by atoms with van der Waals surface area (Å²) < 4.78 is 38.7. The van der Waals surface area contributed by atoms with E-state index in [4.69, 9.17) is 10.00 Å². The molecule has 4 aromatic rings. The predicted molar refractivity (Wildman–Crippen MR) is 130 cm³/mol. The van der Waals surface area contributed by atoms with E-state index in [1.807, 2.05) is 11.6 Å². The molecule has 4 aromatic heterocycles. The molecule has 1 saturated heterocycles. The molecule has 0 bridgehead atoms. The number of rotatable bonds is 6. The molecule has 2 aliphatic rings. The first-order valence-electron chi connectivity index (χ1n) is 12.4. The van der Waals surface area contributed by atoms with Gasteiger partial charge in [0.1, 0.15) is 34.4 Å². The van der Waals surface area contributed by atoms with Gasteiger partial charge in [-0.25, -0.2) is 18.0 Å². The first kappa shape index (κ1) is 23.8. The molecule has 0 radical (unpaired) electrons. The highest BCUT2D eigenvalue weighted by Crippen LogP contribution is 2.51. The molecule has 12 heteroatoms. The molecule has 1 aliphatic carbocycles. The Labute approximate surface area is 216 Å². The Bertz CT molecular complexity index is 1590. The molecule has 1 saturated carbocycles. The van der Waals surface area contributed by atoms with Crippen LogP contribution in [0.3, 0.4) is 0 Å². The fraction of sp³-hybridized carbons (Fsp3) is 0.385. The molecule has 2 fully saturated rings. The Morgan fingerprint density at radius 3 is 2.63 bits per heavy atom. The smallest absolute Gasteiger partial charge is 0.179 e. The van der Waals surface area contributed by atoms with Crippen LogP contribution in [0.2, 0.25) is 0 Å². The molecule has 6 rings (SSSR count). The number of alkyl halides is 1. The highest BCUT2D eigenvalue weighted by atomic mass is 19.1. The van der Waals surface area contributed by atoms with Crippen LogP contribution in [-0.2, 0) is 0 Å². The Balaban J connectivity index is 1.40. The van der Waals surface area contributed by atoms with Gasteiger partial charge in [-0.05, 0) is 50.8 Å². The molecule has 192 valence electrons. The number of halogens is 2. The second-order valence-electron chi connectivity index (χ2n) is 9.78. The van der Waals surface area contributed by atoms with E-state index >= 15 is 4.39 Å². The van der Waals surface area contributed by atoms with Crippen LogP contribution in [-0.4, -0.2) is 53.3 Å². The zero-order valence-corrected chi connectivity index (χ0v) is 20.6. The van der Waals surface area contributed by atoms with Crippen LogP contribution in [0.25, 0.3) is 16.8 Å². The van der Waals surface area contributed by atoms with Gasteiger partial charge < -0.3 is 9.64 Å². The minimum absolute atomic E-state index is 0.116. The molecule has 38 heavy (non-hydrogen) atoms. The summed E-state index contributed by atoms with van der Waals surface area (Å²) in [6.07, 6.45) is 7.41. The second kappa shape index (κ2) is 9.06. The average molecular weight is 516 g/mol. The number of likely N-dealkylation sites (tertiary alicyclic amines) is 1. The molecule has 5 heterocycles. The number of pyridine rings is 2. The van der Waals surface area contributed by atoms with E-state index < -0.39 is 17.6 Å². The number of nitriles is 2. The van der Waals surface area contributed by atoms with Gasteiger partial charge in [0.15, 0.2) is 18.0 Å². The monoisotopic (exact) mass is 515 g/mol. The maximum atomic E-state index is 15.5. The SMILES string of the molecule is Cc1c(-c2cc(OC(c3ccc(F)cn3)C3(F)CC3)c3c(C#N)cnn3c2)nnn1C1CCN(C#N)CC1. The van der Waals surface area contributed by atoms with Crippen molar-refractivity contribution in [1.29, 1.82) is 10.5 Å². The molecule has 0 amide bonds. The summed E-state index contributed by atoms with van der Waals surface area (Å²) in [7, 11) is 0. The fourth-order valence-electron chi connectivity index (χ4n) is 5.03. The topological polar surface area (TPSA) is 121 Å². The van der Waals surface area contributed by atoms with Crippen molar-refractivity contribution in [2.24, 2.45) is 0 Å². The van der Waals surface area contributed by atoms with Crippen LogP contribution in [0.5, 0.6) is 5.75 Å². The van der Waals surface area contributed by atoms with E-state index in [2.05, 4.69) is 32.7 Å². The van der Waals surface area contributed by atoms with Crippen molar-refractivity contribution in [3.05, 3.63) is 59.6 Å². The van der Waals surface area contributed by atoms with E-state index in [9.17, 15) is 9.65 Å². The third-order valence-corrected chi connectivity index (χ3v) is 7.31. The van der Waals surface area contributed by atoms with E-state index in [1.54, 1.807) is 17.2 Å².